The Morgan fingerprint density at radius 3 is 1.42 bits per heavy atom. The van der Waals surface area contributed by atoms with Crippen molar-refractivity contribution < 1.29 is 158 Å². The Kier molecular flexibility index (Phi) is 15.5. The summed E-state index contributed by atoms with van der Waals surface area (Å²) in [7, 11) is 0. The predicted molar refractivity (Wildman–Crippen MR) is 61.3 cm³/mol. The Bertz CT molecular complexity index is 866. The normalized spacial score (nSPS) is 8.77. The number of carboxylic acid groups (broad SMARTS) is 4. The molecule has 0 spiro atoms. The standard InChI is InChI=1S/C14H8O8.4Na/c15-11(16)6-3-1-2-5-7(6)4-8(12(17)18)10(14(21)22)9(5)13(19)20;;;;/h1-4H,(H,15,16)(H,17,18)(H,19,20)(H,21,22);;;;/q;4*+1/p-4. The summed E-state index contributed by atoms with van der Waals surface area (Å²) in [5, 5.41) is 43.7. The van der Waals surface area contributed by atoms with E-state index in [4.69, 9.17) is 0 Å². The molecule has 26 heavy (non-hydrogen) atoms. The molecule has 112 valence electrons. The average molecular weight is 392 g/mol. The van der Waals surface area contributed by atoms with Crippen LogP contribution < -0.4 is 139 Å². The molecule has 0 atom stereocenters. The number of hydrogen-bond acceptors (Lipinski definition) is 8. The summed E-state index contributed by atoms with van der Waals surface area (Å²) in [5.74, 6) is -7.76. The van der Waals surface area contributed by atoms with Gasteiger partial charge in [0, 0.05) is 22.3 Å². The van der Waals surface area contributed by atoms with Crippen LogP contribution in [-0.2, 0) is 0 Å². The molecule has 0 aliphatic heterocycles. The second kappa shape index (κ2) is 12.9. The van der Waals surface area contributed by atoms with Crippen molar-refractivity contribution in [3.8, 4) is 0 Å². The van der Waals surface area contributed by atoms with Gasteiger partial charge in [-0.1, -0.05) is 18.2 Å². The topological polar surface area (TPSA) is 161 Å². The Labute approximate surface area is 235 Å². The third-order valence-corrected chi connectivity index (χ3v) is 3.03. The molecule has 0 aliphatic carbocycles. The quantitative estimate of drug-likeness (QED) is 0.464. The fourth-order valence-electron chi connectivity index (χ4n) is 2.19. The van der Waals surface area contributed by atoms with Crippen molar-refractivity contribution in [2.45, 2.75) is 0 Å². The Morgan fingerprint density at radius 2 is 1.04 bits per heavy atom. The number of benzene rings is 2. The van der Waals surface area contributed by atoms with Crippen LogP contribution in [0.15, 0.2) is 24.3 Å². The molecular formula is C14H4Na4O8. The molecular weight excluding hydrogens is 388 g/mol. The van der Waals surface area contributed by atoms with Crippen LogP contribution in [0.5, 0.6) is 0 Å². The fourth-order valence-corrected chi connectivity index (χ4v) is 2.19. The van der Waals surface area contributed by atoms with Crippen LogP contribution in [0.25, 0.3) is 10.8 Å². The van der Waals surface area contributed by atoms with Crippen molar-refractivity contribution >= 4 is 34.6 Å². The second-order valence-corrected chi connectivity index (χ2v) is 4.22. The average Bonchev–Trinajstić information content (AvgIpc) is 2.43. The van der Waals surface area contributed by atoms with Crippen molar-refractivity contribution in [2.24, 2.45) is 0 Å². The van der Waals surface area contributed by atoms with Crippen molar-refractivity contribution in [3.05, 3.63) is 46.5 Å². The van der Waals surface area contributed by atoms with Gasteiger partial charge in [0.15, 0.2) is 0 Å². The molecule has 0 unspecified atom stereocenters. The first kappa shape index (κ1) is 31.3. The van der Waals surface area contributed by atoms with Gasteiger partial charge in [0.2, 0.25) is 0 Å². The van der Waals surface area contributed by atoms with Crippen molar-refractivity contribution in [1.82, 2.24) is 0 Å². The van der Waals surface area contributed by atoms with E-state index in [0.717, 1.165) is 18.2 Å². The molecule has 0 fully saturated rings. The number of rotatable bonds is 4. The van der Waals surface area contributed by atoms with E-state index in [1.807, 2.05) is 0 Å². The maximum Gasteiger partial charge on any atom is 1.00 e. The van der Waals surface area contributed by atoms with Crippen LogP contribution in [0.1, 0.15) is 41.4 Å². The number of carbonyl (C=O) groups is 4. The minimum Gasteiger partial charge on any atom is -0.545 e. The zero-order valence-electron chi connectivity index (χ0n) is 14.6. The van der Waals surface area contributed by atoms with Crippen LogP contribution in [0.3, 0.4) is 0 Å². The predicted octanol–water partition coefficient (Wildman–Crippen LogP) is -15.7. The number of fused-ring (bicyclic) bond motifs is 1. The first-order valence-electron chi connectivity index (χ1n) is 5.70. The zero-order valence-corrected chi connectivity index (χ0v) is 22.6. The van der Waals surface area contributed by atoms with Gasteiger partial charge in [-0.25, -0.2) is 0 Å². The fraction of sp³-hybridized carbons (Fsp3) is 0. The summed E-state index contributed by atoms with van der Waals surface area (Å²) in [6, 6.07) is 4.00. The van der Waals surface area contributed by atoms with Gasteiger partial charge >= 0.3 is 118 Å². The molecule has 0 aromatic heterocycles. The molecule has 0 heterocycles. The zero-order chi connectivity index (χ0) is 16.6. The van der Waals surface area contributed by atoms with E-state index in [1.54, 1.807) is 0 Å². The number of hydrogen-bond donors (Lipinski definition) is 0. The first-order valence-corrected chi connectivity index (χ1v) is 5.70. The van der Waals surface area contributed by atoms with E-state index in [-0.39, 0.29) is 129 Å². The first-order chi connectivity index (χ1) is 10.3. The molecule has 2 aromatic rings. The maximum atomic E-state index is 11.2. The largest absolute Gasteiger partial charge is 1.00 e. The maximum absolute atomic E-state index is 11.2. The number of carboxylic acids is 4. The molecule has 2 aromatic carbocycles. The van der Waals surface area contributed by atoms with Crippen LogP contribution in [0.4, 0.5) is 0 Å². The summed E-state index contributed by atoms with van der Waals surface area (Å²) in [6.07, 6.45) is 0. The molecule has 0 amide bonds. The Balaban J connectivity index is -0.00000132. The smallest absolute Gasteiger partial charge is 0.545 e. The molecule has 0 radical (unpaired) electrons. The van der Waals surface area contributed by atoms with Gasteiger partial charge in [-0.15, -0.1) is 0 Å². The molecule has 0 bridgehead atoms. The monoisotopic (exact) mass is 392 g/mol. The Morgan fingerprint density at radius 1 is 0.577 bits per heavy atom. The van der Waals surface area contributed by atoms with Gasteiger partial charge in [-0.05, 0) is 16.8 Å². The molecule has 12 heteroatoms. The molecule has 0 saturated heterocycles. The van der Waals surface area contributed by atoms with Crippen molar-refractivity contribution in [1.29, 1.82) is 0 Å². The summed E-state index contributed by atoms with van der Waals surface area (Å²) < 4.78 is 0. The van der Waals surface area contributed by atoms with Crippen LogP contribution in [-0.4, -0.2) is 23.9 Å². The van der Waals surface area contributed by atoms with Gasteiger partial charge < -0.3 is 39.6 Å². The van der Waals surface area contributed by atoms with E-state index >= 15 is 0 Å². The van der Waals surface area contributed by atoms with E-state index < -0.39 is 46.1 Å². The third-order valence-electron chi connectivity index (χ3n) is 3.03. The summed E-state index contributed by atoms with van der Waals surface area (Å²) in [4.78, 5) is 44.4. The van der Waals surface area contributed by atoms with Crippen molar-refractivity contribution in [2.75, 3.05) is 0 Å². The van der Waals surface area contributed by atoms with Gasteiger partial charge in [-0.2, -0.15) is 0 Å². The SMILES string of the molecule is O=C([O-])c1cc2c(C(=O)[O-])cccc2c(C(=O)[O-])c1C(=O)[O-].[Na+].[Na+].[Na+].[Na+]. The van der Waals surface area contributed by atoms with Gasteiger partial charge in [0.25, 0.3) is 0 Å². The minimum atomic E-state index is -2.07. The third kappa shape index (κ3) is 6.30. The van der Waals surface area contributed by atoms with E-state index in [1.165, 1.54) is 0 Å². The van der Waals surface area contributed by atoms with Gasteiger partial charge in [0.05, 0.1) is 23.9 Å². The summed E-state index contributed by atoms with van der Waals surface area (Å²) in [6.45, 7) is 0. The van der Waals surface area contributed by atoms with Crippen LogP contribution >= 0.6 is 0 Å². The Hall–Kier alpha value is 0.580. The molecule has 8 nitrogen and oxygen atoms in total. The van der Waals surface area contributed by atoms with E-state index in [2.05, 4.69) is 0 Å². The van der Waals surface area contributed by atoms with Crippen LogP contribution in [0, 0.1) is 0 Å². The molecule has 0 saturated carbocycles. The molecule has 2 rings (SSSR count). The van der Waals surface area contributed by atoms with E-state index in [9.17, 15) is 39.6 Å². The van der Waals surface area contributed by atoms with Crippen molar-refractivity contribution in [3.63, 3.8) is 0 Å². The summed E-state index contributed by atoms with van der Waals surface area (Å²) >= 11 is 0. The van der Waals surface area contributed by atoms with Gasteiger partial charge in [-0.3, -0.25) is 0 Å². The van der Waals surface area contributed by atoms with E-state index in [0.29, 0.717) is 6.07 Å². The molecule has 0 aliphatic rings. The van der Waals surface area contributed by atoms with Crippen LogP contribution in [0.2, 0.25) is 0 Å². The van der Waals surface area contributed by atoms with Gasteiger partial charge in [0.1, 0.15) is 0 Å². The number of carbonyl (C=O) groups excluding carboxylic acids is 4. The number of aromatic carboxylic acids is 4. The minimum absolute atomic E-state index is 0. The molecule has 0 N–H and O–H groups in total. The summed E-state index contributed by atoms with van der Waals surface area (Å²) in [5.41, 5.74) is -3.68. The second-order valence-electron chi connectivity index (χ2n) is 4.22.